The summed E-state index contributed by atoms with van der Waals surface area (Å²) >= 11 is 0. The Labute approximate surface area is 59.1 Å². The lowest BCUT2D eigenvalue weighted by atomic mass is 10.3. The largest absolute Gasteiger partial charge is 0.409 e. The molecule has 10 heavy (non-hydrogen) atoms. The topological polar surface area (TPSA) is 64.7 Å². The Kier molecular flexibility index (Phi) is 1.72. The predicted octanol–water partition coefficient (Wildman–Crippen LogP) is -0.323. The number of aliphatic imine (C=N–C) groups is 1. The molecule has 0 unspecified atom stereocenters. The van der Waals surface area contributed by atoms with E-state index in [1.54, 1.807) is 13.8 Å². The van der Waals surface area contributed by atoms with Gasteiger partial charge in [0, 0.05) is 0 Å². The second-order valence-corrected chi connectivity index (χ2v) is 2.35. The molecule has 1 heterocycles. The first-order valence-corrected chi connectivity index (χ1v) is 3.16. The summed E-state index contributed by atoms with van der Waals surface area (Å²) in [6.45, 7) is 3.40. The molecule has 0 saturated heterocycles. The zero-order chi connectivity index (χ0) is 7.72. The summed E-state index contributed by atoms with van der Waals surface area (Å²) in [4.78, 5) is 14.6. The summed E-state index contributed by atoms with van der Waals surface area (Å²) in [5, 5.41) is 0. The SMILES string of the molecule is C[C@@H](N)C1=N[C@H](C)C(=O)O1. The second-order valence-electron chi connectivity index (χ2n) is 2.35. The van der Waals surface area contributed by atoms with Gasteiger partial charge in [0.05, 0.1) is 6.04 Å². The number of hydrogen-bond donors (Lipinski definition) is 1. The average molecular weight is 142 g/mol. The normalized spacial score (nSPS) is 27.7. The summed E-state index contributed by atoms with van der Waals surface area (Å²) in [7, 11) is 0. The Balaban J connectivity index is 2.67. The van der Waals surface area contributed by atoms with Gasteiger partial charge in [-0.1, -0.05) is 0 Å². The maximum absolute atomic E-state index is 10.7. The molecule has 4 heteroatoms. The number of esters is 1. The van der Waals surface area contributed by atoms with Gasteiger partial charge in [0.25, 0.3) is 0 Å². The van der Waals surface area contributed by atoms with Crippen LogP contribution in [0, 0.1) is 0 Å². The zero-order valence-electron chi connectivity index (χ0n) is 6.00. The minimum atomic E-state index is -0.374. The molecule has 1 aliphatic rings. The van der Waals surface area contributed by atoms with Crippen molar-refractivity contribution in [3.63, 3.8) is 0 Å². The van der Waals surface area contributed by atoms with Crippen molar-refractivity contribution in [2.45, 2.75) is 25.9 Å². The smallest absolute Gasteiger partial charge is 0.337 e. The second kappa shape index (κ2) is 2.38. The number of hydrogen-bond acceptors (Lipinski definition) is 4. The van der Waals surface area contributed by atoms with Crippen LogP contribution in [0.15, 0.2) is 4.99 Å². The first kappa shape index (κ1) is 7.21. The van der Waals surface area contributed by atoms with Crippen LogP contribution in [0.25, 0.3) is 0 Å². The average Bonchev–Trinajstić information content (AvgIpc) is 2.13. The van der Waals surface area contributed by atoms with Crippen molar-refractivity contribution in [3.05, 3.63) is 0 Å². The van der Waals surface area contributed by atoms with Crippen molar-refractivity contribution in [1.82, 2.24) is 0 Å². The van der Waals surface area contributed by atoms with Gasteiger partial charge in [-0.25, -0.2) is 9.79 Å². The van der Waals surface area contributed by atoms with Gasteiger partial charge in [0.15, 0.2) is 0 Å². The third-order valence-corrected chi connectivity index (χ3v) is 1.26. The molecule has 0 spiro atoms. The summed E-state index contributed by atoms with van der Waals surface area (Å²) in [6.07, 6.45) is 0. The Morgan fingerprint density at radius 2 is 2.40 bits per heavy atom. The Morgan fingerprint density at radius 3 is 2.60 bits per heavy atom. The number of cyclic esters (lactones) is 1. The Bertz CT molecular complexity index is 186. The quantitative estimate of drug-likeness (QED) is 0.510. The van der Waals surface area contributed by atoms with Gasteiger partial charge in [0.1, 0.15) is 6.04 Å². The molecule has 0 aromatic rings. The van der Waals surface area contributed by atoms with Gasteiger partial charge < -0.3 is 10.5 Å². The predicted molar refractivity (Wildman–Crippen MR) is 36.6 cm³/mol. The molecule has 1 aliphatic heterocycles. The number of nitrogens with zero attached hydrogens (tertiary/aromatic N) is 1. The standard InChI is InChI=1S/C6H10N2O2/c1-3(7)5-8-4(2)6(9)10-5/h3-4H,7H2,1-2H3/t3-,4-/m1/s1. The van der Waals surface area contributed by atoms with E-state index in [1.807, 2.05) is 0 Å². The maximum Gasteiger partial charge on any atom is 0.337 e. The van der Waals surface area contributed by atoms with Gasteiger partial charge >= 0.3 is 5.97 Å². The number of carbonyl (C=O) groups is 1. The molecule has 0 fully saturated rings. The molecule has 4 nitrogen and oxygen atoms in total. The van der Waals surface area contributed by atoms with Crippen LogP contribution >= 0.6 is 0 Å². The van der Waals surface area contributed by atoms with Crippen LogP contribution in [-0.2, 0) is 9.53 Å². The first-order valence-electron chi connectivity index (χ1n) is 3.16. The van der Waals surface area contributed by atoms with E-state index in [0.29, 0.717) is 5.90 Å². The van der Waals surface area contributed by atoms with Crippen LogP contribution in [0.3, 0.4) is 0 Å². The molecule has 0 radical (unpaired) electrons. The van der Waals surface area contributed by atoms with Crippen LogP contribution in [0.4, 0.5) is 0 Å². The monoisotopic (exact) mass is 142 g/mol. The van der Waals surface area contributed by atoms with E-state index in [9.17, 15) is 4.79 Å². The van der Waals surface area contributed by atoms with Crippen LogP contribution in [0.1, 0.15) is 13.8 Å². The molecule has 0 aliphatic carbocycles. The Hall–Kier alpha value is -0.900. The van der Waals surface area contributed by atoms with Crippen molar-refractivity contribution in [3.8, 4) is 0 Å². The highest BCUT2D eigenvalue weighted by molar-refractivity contribution is 5.99. The zero-order valence-corrected chi connectivity index (χ0v) is 6.00. The van der Waals surface area contributed by atoms with E-state index in [2.05, 4.69) is 4.99 Å². The molecule has 0 aromatic heterocycles. The van der Waals surface area contributed by atoms with E-state index >= 15 is 0 Å². The van der Waals surface area contributed by atoms with Gasteiger partial charge in [0.2, 0.25) is 5.90 Å². The van der Waals surface area contributed by atoms with Crippen molar-refractivity contribution in [2.75, 3.05) is 0 Å². The lowest BCUT2D eigenvalue weighted by molar-refractivity contribution is -0.134. The lowest BCUT2D eigenvalue weighted by Crippen LogP contribution is -2.27. The number of carbonyl (C=O) groups excluding carboxylic acids is 1. The van der Waals surface area contributed by atoms with Crippen LogP contribution in [0.2, 0.25) is 0 Å². The number of ether oxygens (including phenoxy) is 1. The third kappa shape index (κ3) is 1.16. The van der Waals surface area contributed by atoms with E-state index in [1.165, 1.54) is 0 Å². The van der Waals surface area contributed by atoms with Gasteiger partial charge in [-0.3, -0.25) is 0 Å². The fraction of sp³-hybridized carbons (Fsp3) is 0.667. The third-order valence-electron chi connectivity index (χ3n) is 1.26. The van der Waals surface area contributed by atoms with E-state index in [0.717, 1.165) is 0 Å². The highest BCUT2D eigenvalue weighted by Gasteiger charge is 2.26. The van der Waals surface area contributed by atoms with Crippen LogP contribution in [-0.4, -0.2) is 24.0 Å². The number of nitrogens with two attached hydrogens (primary N) is 1. The maximum atomic E-state index is 10.7. The molecule has 56 valence electrons. The fourth-order valence-corrected chi connectivity index (χ4v) is 0.669. The van der Waals surface area contributed by atoms with E-state index in [4.69, 9.17) is 10.5 Å². The molecule has 0 amide bonds. The van der Waals surface area contributed by atoms with Gasteiger partial charge in [-0.2, -0.15) is 0 Å². The number of rotatable bonds is 1. The summed E-state index contributed by atoms with van der Waals surface area (Å²) in [6, 6.07) is -0.658. The molecule has 0 saturated carbocycles. The van der Waals surface area contributed by atoms with Gasteiger partial charge in [-0.15, -0.1) is 0 Å². The molecule has 0 bridgehead atoms. The molecular weight excluding hydrogens is 132 g/mol. The first-order chi connectivity index (χ1) is 4.61. The highest BCUT2D eigenvalue weighted by atomic mass is 16.6. The Morgan fingerprint density at radius 1 is 1.80 bits per heavy atom. The van der Waals surface area contributed by atoms with Crippen molar-refractivity contribution in [1.29, 1.82) is 0 Å². The van der Waals surface area contributed by atoms with E-state index < -0.39 is 0 Å². The van der Waals surface area contributed by atoms with Gasteiger partial charge in [-0.05, 0) is 13.8 Å². The minimum Gasteiger partial charge on any atom is -0.409 e. The van der Waals surface area contributed by atoms with Crippen LogP contribution < -0.4 is 5.73 Å². The minimum absolute atomic E-state index is 0.283. The summed E-state index contributed by atoms with van der Waals surface area (Å²) in [5.74, 6) is 0.0322. The molecule has 2 N–H and O–H groups in total. The summed E-state index contributed by atoms with van der Waals surface area (Å²) in [5.41, 5.74) is 5.41. The van der Waals surface area contributed by atoms with Crippen molar-refractivity contribution < 1.29 is 9.53 Å². The fourth-order valence-electron chi connectivity index (χ4n) is 0.669. The van der Waals surface area contributed by atoms with E-state index in [-0.39, 0.29) is 18.1 Å². The molecular formula is C6H10N2O2. The lowest BCUT2D eigenvalue weighted by Gasteiger charge is -2.00. The molecule has 1 rings (SSSR count). The molecule has 0 aromatic carbocycles. The summed E-state index contributed by atoms with van der Waals surface area (Å²) < 4.78 is 4.72. The molecule has 2 atom stereocenters. The van der Waals surface area contributed by atoms with Crippen molar-refractivity contribution >= 4 is 11.9 Å². The highest BCUT2D eigenvalue weighted by Crippen LogP contribution is 2.06. The van der Waals surface area contributed by atoms with Crippen molar-refractivity contribution in [2.24, 2.45) is 10.7 Å². The van der Waals surface area contributed by atoms with Crippen LogP contribution in [0.5, 0.6) is 0 Å².